The second kappa shape index (κ2) is 7.93. The van der Waals surface area contributed by atoms with E-state index in [1.54, 1.807) is 24.3 Å². The molecule has 0 spiro atoms. The van der Waals surface area contributed by atoms with Crippen LogP contribution in [0.25, 0.3) is 21.7 Å². The molecule has 0 atom stereocenters. The van der Waals surface area contributed by atoms with Crippen molar-refractivity contribution in [1.82, 2.24) is 0 Å². The summed E-state index contributed by atoms with van der Waals surface area (Å²) in [6.07, 6.45) is 0. The first-order valence-electron chi connectivity index (χ1n) is 8.54. The lowest BCUT2D eigenvalue weighted by molar-refractivity contribution is 0.0471. The highest BCUT2D eigenvalue weighted by atomic mass is 79.9. The molecule has 144 valence electrons. The lowest BCUT2D eigenvalue weighted by Gasteiger charge is -2.06. The summed E-state index contributed by atoms with van der Waals surface area (Å²) in [5.74, 6) is -1.27. The average molecular weight is 516 g/mol. The van der Waals surface area contributed by atoms with Gasteiger partial charge in [-0.2, -0.15) is 0 Å². The number of ketones is 1. The highest BCUT2D eigenvalue weighted by molar-refractivity contribution is 9.11. The second-order valence-electron chi connectivity index (χ2n) is 6.31. The standard InChI is InChI=1S/C22H12Br2O5/c23-16-8-15-9-17(22(27)29-20(15)18(24)10-16)21(26)28-11-19(25)14-6-5-12-3-1-2-4-13(12)7-14/h1-10H,11H2. The van der Waals surface area contributed by atoms with Gasteiger partial charge in [0.15, 0.2) is 18.0 Å². The van der Waals surface area contributed by atoms with Gasteiger partial charge >= 0.3 is 11.6 Å². The van der Waals surface area contributed by atoms with Gasteiger partial charge in [-0.1, -0.05) is 52.3 Å². The lowest BCUT2D eigenvalue weighted by Crippen LogP contribution is -2.20. The van der Waals surface area contributed by atoms with Crippen molar-refractivity contribution in [3.63, 3.8) is 0 Å². The van der Waals surface area contributed by atoms with E-state index in [0.717, 1.165) is 15.2 Å². The molecule has 4 rings (SSSR count). The first-order valence-corrected chi connectivity index (χ1v) is 10.1. The van der Waals surface area contributed by atoms with Gasteiger partial charge < -0.3 is 9.15 Å². The van der Waals surface area contributed by atoms with Crippen molar-refractivity contribution in [1.29, 1.82) is 0 Å². The van der Waals surface area contributed by atoms with E-state index in [-0.39, 0.29) is 11.3 Å². The van der Waals surface area contributed by atoms with E-state index in [0.29, 0.717) is 21.0 Å². The number of benzene rings is 3. The average Bonchev–Trinajstić information content (AvgIpc) is 2.71. The lowest BCUT2D eigenvalue weighted by atomic mass is 10.0. The van der Waals surface area contributed by atoms with Gasteiger partial charge in [0.2, 0.25) is 0 Å². The molecule has 0 radical (unpaired) electrons. The molecule has 5 nitrogen and oxygen atoms in total. The molecular weight excluding hydrogens is 504 g/mol. The highest BCUT2D eigenvalue weighted by Gasteiger charge is 2.18. The van der Waals surface area contributed by atoms with Crippen LogP contribution in [0, 0.1) is 0 Å². The van der Waals surface area contributed by atoms with Crippen LogP contribution >= 0.6 is 31.9 Å². The van der Waals surface area contributed by atoms with Crippen LogP contribution in [-0.4, -0.2) is 18.4 Å². The molecule has 3 aromatic carbocycles. The Morgan fingerprint density at radius 2 is 1.66 bits per heavy atom. The normalized spacial score (nSPS) is 11.0. The number of carbonyl (C=O) groups excluding carboxylic acids is 2. The third kappa shape index (κ3) is 4.02. The van der Waals surface area contributed by atoms with Crippen LogP contribution in [0.3, 0.4) is 0 Å². The van der Waals surface area contributed by atoms with Gasteiger partial charge in [-0.3, -0.25) is 4.79 Å². The van der Waals surface area contributed by atoms with E-state index in [9.17, 15) is 14.4 Å². The minimum absolute atomic E-state index is 0.270. The van der Waals surface area contributed by atoms with E-state index in [1.807, 2.05) is 30.3 Å². The Kier molecular flexibility index (Phi) is 5.34. The minimum atomic E-state index is -0.911. The molecule has 1 aromatic heterocycles. The molecule has 1 heterocycles. The van der Waals surface area contributed by atoms with E-state index < -0.39 is 18.2 Å². The largest absolute Gasteiger partial charge is 0.453 e. The van der Waals surface area contributed by atoms with Crippen molar-refractivity contribution < 1.29 is 18.7 Å². The van der Waals surface area contributed by atoms with Gasteiger partial charge in [0.1, 0.15) is 5.56 Å². The monoisotopic (exact) mass is 514 g/mol. The van der Waals surface area contributed by atoms with Crippen LogP contribution in [0.4, 0.5) is 0 Å². The van der Waals surface area contributed by atoms with E-state index >= 15 is 0 Å². The molecule has 0 bridgehead atoms. The number of Topliss-reactive ketones (excluding diaryl/α,β-unsaturated/α-hetero) is 1. The van der Waals surface area contributed by atoms with Crippen LogP contribution in [0.5, 0.6) is 0 Å². The Bertz CT molecular complexity index is 1340. The zero-order chi connectivity index (χ0) is 20.5. The second-order valence-corrected chi connectivity index (χ2v) is 8.08. The molecule has 0 unspecified atom stereocenters. The van der Waals surface area contributed by atoms with E-state index in [4.69, 9.17) is 9.15 Å². The SMILES string of the molecule is O=C(COC(=O)c1cc2cc(Br)cc(Br)c2oc1=O)c1ccc2ccccc2c1. The van der Waals surface area contributed by atoms with Crippen molar-refractivity contribution in [2.45, 2.75) is 0 Å². The van der Waals surface area contributed by atoms with Crippen molar-refractivity contribution in [3.05, 3.63) is 91.2 Å². The number of carbonyl (C=O) groups is 2. The summed E-state index contributed by atoms with van der Waals surface area (Å²) in [7, 11) is 0. The first-order chi connectivity index (χ1) is 13.9. The number of halogens is 2. The summed E-state index contributed by atoms with van der Waals surface area (Å²) < 4.78 is 11.6. The molecule has 29 heavy (non-hydrogen) atoms. The van der Waals surface area contributed by atoms with Crippen molar-refractivity contribution in [2.24, 2.45) is 0 Å². The Labute approximate surface area is 181 Å². The summed E-state index contributed by atoms with van der Waals surface area (Å²) in [6, 6.07) is 17.7. The molecule has 0 N–H and O–H groups in total. The third-order valence-electron chi connectivity index (χ3n) is 4.38. The molecule has 4 aromatic rings. The Morgan fingerprint density at radius 1 is 0.897 bits per heavy atom. The highest BCUT2D eigenvalue weighted by Crippen LogP contribution is 2.28. The molecule has 0 aliphatic rings. The third-order valence-corrected chi connectivity index (χ3v) is 5.42. The quantitative estimate of drug-likeness (QED) is 0.203. The maximum Gasteiger partial charge on any atom is 0.351 e. The summed E-state index contributed by atoms with van der Waals surface area (Å²) in [5.41, 5.74) is -0.352. The number of fused-ring (bicyclic) bond motifs is 2. The van der Waals surface area contributed by atoms with Crippen LogP contribution in [0.2, 0.25) is 0 Å². The summed E-state index contributed by atoms with van der Waals surface area (Å²) in [6.45, 7) is -0.475. The number of esters is 1. The molecule has 0 saturated heterocycles. The number of hydrogen-bond acceptors (Lipinski definition) is 5. The smallest absolute Gasteiger partial charge is 0.351 e. The topological polar surface area (TPSA) is 73.6 Å². The summed E-state index contributed by atoms with van der Waals surface area (Å²) >= 11 is 6.66. The molecule has 7 heteroatoms. The van der Waals surface area contributed by atoms with Crippen LogP contribution in [0.1, 0.15) is 20.7 Å². The predicted molar refractivity (Wildman–Crippen MR) is 116 cm³/mol. The zero-order valence-corrected chi connectivity index (χ0v) is 17.9. The van der Waals surface area contributed by atoms with E-state index in [1.165, 1.54) is 6.07 Å². The first kappa shape index (κ1) is 19.5. The number of rotatable bonds is 4. The van der Waals surface area contributed by atoms with E-state index in [2.05, 4.69) is 31.9 Å². The molecule has 0 aliphatic heterocycles. The fraction of sp³-hybridized carbons (Fsp3) is 0.0455. The van der Waals surface area contributed by atoms with Gasteiger partial charge in [0.05, 0.1) is 4.47 Å². The fourth-order valence-electron chi connectivity index (χ4n) is 2.95. The maximum absolute atomic E-state index is 12.4. The van der Waals surface area contributed by atoms with Crippen LogP contribution in [-0.2, 0) is 4.74 Å². The minimum Gasteiger partial charge on any atom is -0.453 e. The van der Waals surface area contributed by atoms with Gasteiger partial charge in [-0.25, -0.2) is 9.59 Å². The Balaban J connectivity index is 1.55. The molecule has 0 amide bonds. The predicted octanol–water partition coefficient (Wildman–Crippen LogP) is 5.51. The van der Waals surface area contributed by atoms with Gasteiger partial charge in [-0.15, -0.1) is 0 Å². The fourth-order valence-corrected chi connectivity index (χ4v) is 4.29. The maximum atomic E-state index is 12.4. The van der Waals surface area contributed by atoms with Crippen molar-refractivity contribution >= 4 is 65.4 Å². The summed E-state index contributed by atoms with van der Waals surface area (Å²) in [4.78, 5) is 37.0. The summed E-state index contributed by atoms with van der Waals surface area (Å²) in [5, 5.41) is 2.46. The van der Waals surface area contributed by atoms with Crippen molar-refractivity contribution in [2.75, 3.05) is 6.61 Å². The van der Waals surface area contributed by atoms with Gasteiger partial charge in [0, 0.05) is 15.4 Å². The molecule has 0 saturated carbocycles. The van der Waals surface area contributed by atoms with Crippen molar-refractivity contribution in [3.8, 4) is 0 Å². The molecule has 0 aliphatic carbocycles. The van der Waals surface area contributed by atoms with Crippen LogP contribution < -0.4 is 5.63 Å². The Hall–Kier alpha value is -2.77. The zero-order valence-electron chi connectivity index (χ0n) is 14.8. The van der Waals surface area contributed by atoms with Gasteiger partial charge in [0.25, 0.3) is 0 Å². The van der Waals surface area contributed by atoms with Crippen LogP contribution in [0.15, 0.2) is 78.8 Å². The van der Waals surface area contributed by atoms with Gasteiger partial charge in [-0.05, 0) is 51.0 Å². The molecular formula is C22H12Br2O5. The molecule has 0 fully saturated rings. The number of hydrogen-bond donors (Lipinski definition) is 0. The number of ether oxygens (including phenoxy) is 1. The Morgan fingerprint density at radius 3 is 2.45 bits per heavy atom.